The number of methoxy groups -OCH3 is 2. The van der Waals surface area contributed by atoms with Gasteiger partial charge in [-0.3, -0.25) is 25.0 Å². The maximum absolute atomic E-state index is 12.3. The van der Waals surface area contributed by atoms with Crippen molar-refractivity contribution < 1.29 is 33.6 Å². The Kier molecular flexibility index (Phi) is 6.86. The van der Waals surface area contributed by atoms with Crippen LogP contribution < -0.4 is 14.8 Å². The second-order valence-electron chi connectivity index (χ2n) is 5.83. The highest BCUT2D eigenvalue weighted by molar-refractivity contribution is 5.99. The lowest BCUT2D eigenvalue weighted by molar-refractivity contribution is -0.385. The molecule has 0 aromatic heterocycles. The Hall–Kier alpha value is -4.22. The van der Waals surface area contributed by atoms with Crippen LogP contribution in [-0.4, -0.2) is 42.5 Å². The first-order chi connectivity index (χ1) is 14.2. The number of hydrogen-bond donors (Lipinski definition) is 1. The van der Waals surface area contributed by atoms with Crippen molar-refractivity contribution in [3.8, 4) is 11.5 Å². The van der Waals surface area contributed by atoms with Crippen LogP contribution in [0.25, 0.3) is 0 Å². The Morgan fingerprint density at radius 3 is 2.17 bits per heavy atom. The highest BCUT2D eigenvalue weighted by atomic mass is 16.6. The average Bonchev–Trinajstić information content (AvgIpc) is 2.71. The van der Waals surface area contributed by atoms with Gasteiger partial charge < -0.3 is 19.5 Å². The zero-order chi connectivity index (χ0) is 22.4. The molecule has 30 heavy (non-hydrogen) atoms. The van der Waals surface area contributed by atoms with E-state index in [-0.39, 0.29) is 22.9 Å². The van der Waals surface area contributed by atoms with E-state index in [0.717, 1.165) is 12.1 Å². The van der Waals surface area contributed by atoms with E-state index >= 15 is 0 Å². The molecule has 2 aromatic carbocycles. The molecule has 1 amide bonds. The Morgan fingerprint density at radius 2 is 1.60 bits per heavy atom. The molecule has 158 valence electrons. The minimum absolute atomic E-state index is 0.0327. The first kappa shape index (κ1) is 22.1. The van der Waals surface area contributed by atoms with Crippen LogP contribution in [0.4, 0.5) is 17.1 Å². The van der Waals surface area contributed by atoms with Crippen molar-refractivity contribution in [2.24, 2.45) is 0 Å². The molecule has 0 spiro atoms. The van der Waals surface area contributed by atoms with Crippen LogP contribution >= 0.6 is 0 Å². The van der Waals surface area contributed by atoms with Crippen LogP contribution in [0.1, 0.15) is 15.9 Å². The molecule has 0 saturated carbocycles. The van der Waals surface area contributed by atoms with Crippen LogP contribution in [-0.2, 0) is 9.53 Å². The van der Waals surface area contributed by atoms with Gasteiger partial charge in [-0.2, -0.15) is 0 Å². The van der Waals surface area contributed by atoms with Crippen LogP contribution in [0, 0.1) is 27.2 Å². The number of amides is 1. The number of rotatable bonds is 8. The smallest absolute Gasteiger partial charge is 0.345 e. The molecule has 0 aliphatic heterocycles. The molecule has 0 aliphatic rings. The highest BCUT2D eigenvalue weighted by Crippen LogP contribution is 2.35. The number of nitro benzene ring substituents is 2. The van der Waals surface area contributed by atoms with Gasteiger partial charge in [0.1, 0.15) is 11.3 Å². The third-order valence-corrected chi connectivity index (χ3v) is 3.96. The lowest BCUT2D eigenvalue weighted by Crippen LogP contribution is -2.22. The molecule has 12 nitrogen and oxygen atoms in total. The summed E-state index contributed by atoms with van der Waals surface area (Å²) in [5.74, 6) is -1.93. The normalized spacial score (nSPS) is 10.1. The molecule has 1 N–H and O–H groups in total. The molecule has 0 bridgehead atoms. The van der Waals surface area contributed by atoms with Gasteiger partial charge in [0.2, 0.25) is 0 Å². The number of nitrogens with one attached hydrogen (secondary N) is 1. The lowest BCUT2D eigenvalue weighted by Gasteiger charge is -2.11. The molecule has 0 fully saturated rings. The fourth-order valence-electron chi connectivity index (χ4n) is 2.53. The number of hydrogen-bond acceptors (Lipinski definition) is 9. The maximum Gasteiger partial charge on any atom is 0.345 e. The molecule has 0 heterocycles. The summed E-state index contributed by atoms with van der Waals surface area (Å²) in [5, 5.41) is 24.7. The number of para-hydroxylation sites is 1. The highest BCUT2D eigenvalue weighted by Gasteiger charge is 2.26. The van der Waals surface area contributed by atoms with Crippen molar-refractivity contribution in [1.82, 2.24) is 0 Å². The summed E-state index contributed by atoms with van der Waals surface area (Å²) in [6.45, 7) is 0.734. The number of nitro groups is 2. The van der Waals surface area contributed by atoms with Gasteiger partial charge in [0.15, 0.2) is 18.1 Å². The van der Waals surface area contributed by atoms with Gasteiger partial charge in [-0.1, -0.05) is 12.1 Å². The van der Waals surface area contributed by atoms with Crippen molar-refractivity contribution in [3.63, 3.8) is 0 Å². The van der Waals surface area contributed by atoms with Crippen LogP contribution in [0.2, 0.25) is 0 Å². The topological polar surface area (TPSA) is 160 Å². The number of esters is 1. The number of aryl methyl sites for hydroxylation is 1. The van der Waals surface area contributed by atoms with Crippen molar-refractivity contribution in [3.05, 3.63) is 61.7 Å². The summed E-state index contributed by atoms with van der Waals surface area (Å²) in [4.78, 5) is 45.4. The summed E-state index contributed by atoms with van der Waals surface area (Å²) in [6, 6.07) is 6.28. The van der Waals surface area contributed by atoms with Crippen LogP contribution in [0.15, 0.2) is 30.3 Å². The largest absolute Gasteiger partial charge is 0.493 e. The molecule has 2 rings (SSSR count). The number of anilines is 1. The van der Waals surface area contributed by atoms with Crippen molar-refractivity contribution in [1.29, 1.82) is 0 Å². The van der Waals surface area contributed by atoms with Gasteiger partial charge >= 0.3 is 5.97 Å². The predicted molar refractivity (Wildman–Crippen MR) is 103 cm³/mol. The van der Waals surface area contributed by atoms with E-state index in [1.165, 1.54) is 26.4 Å². The first-order valence-electron chi connectivity index (χ1n) is 8.31. The summed E-state index contributed by atoms with van der Waals surface area (Å²) in [5.41, 5.74) is -0.995. The predicted octanol–water partition coefficient (Wildman–Crippen LogP) is 2.62. The third-order valence-electron chi connectivity index (χ3n) is 3.96. The Bertz CT molecular complexity index is 1020. The van der Waals surface area contributed by atoms with Crippen molar-refractivity contribution >= 4 is 28.9 Å². The molecule has 0 unspecified atom stereocenters. The molecule has 12 heteroatoms. The fourth-order valence-corrected chi connectivity index (χ4v) is 2.53. The quantitative estimate of drug-likeness (QED) is 0.385. The Morgan fingerprint density at radius 1 is 1.00 bits per heavy atom. The fraction of sp³-hybridized carbons (Fsp3) is 0.222. The first-order valence-corrected chi connectivity index (χ1v) is 8.31. The van der Waals surface area contributed by atoms with Crippen LogP contribution in [0.5, 0.6) is 11.5 Å². The van der Waals surface area contributed by atoms with E-state index in [9.17, 15) is 29.8 Å². The van der Waals surface area contributed by atoms with Gasteiger partial charge in [0, 0.05) is 12.1 Å². The van der Waals surface area contributed by atoms with Gasteiger partial charge in [0.05, 0.1) is 30.1 Å². The van der Waals surface area contributed by atoms with Crippen molar-refractivity contribution in [2.45, 2.75) is 6.92 Å². The third kappa shape index (κ3) is 4.79. The molecule has 0 atom stereocenters. The van der Waals surface area contributed by atoms with E-state index < -0.39 is 39.6 Å². The monoisotopic (exact) mass is 419 g/mol. The number of nitrogens with zero attached hydrogens (tertiary/aromatic N) is 2. The molecule has 0 radical (unpaired) electrons. The number of carbonyl (C=O) groups is 2. The zero-order valence-corrected chi connectivity index (χ0v) is 16.2. The molecular weight excluding hydrogens is 402 g/mol. The van der Waals surface area contributed by atoms with E-state index in [1.807, 2.05) is 0 Å². The minimum atomic E-state index is -1.16. The Balaban J connectivity index is 2.19. The zero-order valence-electron chi connectivity index (χ0n) is 16.2. The number of benzene rings is 2. The Labute approximate surface area is 169 Å². The number of carbonyl (C=O) groups excluding carboxylic acids is 2. The van der Waals surface area contributed by atoms with Crippen molar-refractivity contribution in [2.75, 3.05) is 26.1 Å². The minimum Gasteiger partial charge on any atom is -0.493 e. The molecular formula is C18H17N3O9. The average molecular weight is 419 g/mol. The molecule has 2 aromatic rings. The standard InChI is InChI=1S/C18H17N3O9/c1-10-5-4-6-12(20(24)25)17(10)19-16(22)9-30-18(23)11-7-14(28-2)15(29-3)8-13(11)21(26)27/h4-8H,9H2,1-3H3,(H,19,22). The van der Waals surface area contributed by atoms with Gasteiger partial charge in [-0.15, -0.1) is 0 Å². The number of ether oxygens (including phenoxy) is 3. The SMILES string of the molecule is COc1cc(C(=O)OCC(=O)Nc2c(C)cccc2[N+](=O)[O-])c([N+](=O)[O-])cc1OC. The van der Waals surface area contributed by atoms with E-state index in [1.54, 1.807) is 13.0 Å². The van der Waals surface area contributed by atoms with E-state index in [4.69, 9.17) is 14.2 Å². The molecule has 0 saturated heterocycles. The van der Waals surface area contributed by atoms with Gasteiger partial charge in [-0.25, -0.2) is 4.79 Å². The van der Waals surface area contributed by atoms with E-state index in [2.05, 4.69) is 5.32 Å². The van der Waals surface area contributed by atoms with Gasteiger partial charge in [0.25, 0.3) is 17.3 Å². The van der Waals surface area contributed by atoms with Crippen LogP contribution in [0.3, 0.4) is 0 Å². The summed E-state index contributed by atoms with van der Waals surface area (Å²) < 4.78 is 14.8. The van der Waals surface area contributed by atoms with Gasteiger partial charge in [-0.05, 0) is 12.5 Å². The maximum atomic E-state index is 12.3. The summed E-state index contributed by atoms with van der Waals surface area (Å²) in [6.07, 6.45) is 0. The summed E-state index contributed by atoms with van der Waals surface area (Å²) >= 11 is 0. The molecule has 0 aliphatic carbocycles. The second-order valence-corrected chi connectivity index (χ2v) is 5.83. The summed E-state index contributed by atoms with van der Waals surface area (Å²) in [7, 11) is 2.55. The second kappa shape index (κ2) is 9.32. The lowest BCUT2D eigenvalue weighted by atomic mass is 10.1. The van der Waals surface area contributed by atoms with E-state index in [0.29, 0.717) is 5.56 Å².